The summed E-state index contributed by atoms with van der Waals surface area (Å²) in [5.41, 5.74) is 5.10. The number of nitrogens with zero attached hydrogens (tertiary/aromatic N) is 1. The molecular formula is C2H11N4OP. The van der Waals surface area contributed by atoms with Crippen molar-refractivity contribution in [3.8, 4) is 0 Å². The molecule has 8 heavy (non-hydrogen) atoms. The van der Waals surface area contributed by atoms with Crippen molar-refractivity contribution < 1.29 is 4.57 Å². The van der Waals surface area contributed by atoms with Gasteiger partial charge >= 0.3 is 0 Å². The minimum Gasteiger partial charge on any atom is -0.270 e. The monoisotopic (exact) mass is 138 g/mol. The summed E-state index contributed by atoms with van der Waals surface area (Å²) in [5, 5.41) is 2.00. The molecule has 5 nitrogen and oxygen atoms in total. The van der Waals surface area contributed by atoms with Crippen LogP contribution in [0.1, 0.15) is 0 Å². The maximum Gasteiger partial charge on any atom is 0.291 e. The summed E-state index contributed by atoms with van der Waals surface area (Å²) in [6, 6.07) is 0. The van der Waals surface area contributed by atoms with E-state index < -0.39 is 7.59 Å². The Morgan fingerprint density at radius 3 is 2.00 bits per heavy atom. The van der Waals surface area contributed by atoms with E-state index in [1.165, 1.54) is 4.67 Å². The largest absolute Gasteiger partial charge is 0.291 e. The molecule has 0 bridgehead atoms. The molecule has 0 aromatic rings. The molecular weight excluding hydrogens is 127 g/mol. The second-order valence-corrected chi connectivity index (χ2v) is 3.90. The smallest absolute Gasteiger partial charge is 0.270 e. The maximum absolute atomic E-state index is 10.8. The molecule has 0 aromatic carbocycles. The van der Waals surface area contributed by atoms with Crippen LogP contribution in [0.2, 0.25) is 0 Å². The quantitative estimate of drug-likeness (QED) is 0.261. The number of rotatable bonds is 2. The van der Waals surface area contributed by atoms with Crippen LogP contribution in [0.4, 0.5) is 0 Å². The zero-order valence-electron chi connectivity index (χ0n) is 4.96. The van der Waals surface area contributed by atoms with Crippen molar-refractivity contribution in [1.29, 1.82) is 0 Å². The molecule has 0 fully saturated rings. The second kappa shape index (κ2) is 2.57. The third kappa shape index (κ3) is 1.90. The molecule has 0 aliphatic heterocycles. The van der Waals surface area contributed by atoms with Gasteiger partial charge in [-0.3, -0.25) is 15.9 Å². The molecule has 0 saturated heterocycles. The Labute approximate surface area is 48.5 Å². The number of hydrazine groups is 1. The normalized spacial score (nSPS) is 18.6. The number of nitrogens with one attached hydrogen (secondary N) is 1. The van der Waals surface area contributed by atoms with Crippen molar-refractivity contribution in [3.63, 3.8) is 0 Å². The highest BCUT2D eigenvalue weighted by molar-refractivity contribution is 7.56. The predicted molar refractivity (Wildman–Crippen MR) is 32.8 cm³/mol. The lowest BCUT2D eigenvalue weighted by Crippen LogP contribution is -2.31. The Kier molecular flexibility index (Phi) is 2.59. The van der Waals surface area contributed by atoms with E-state index in [2.05, 4.69) is 0 Å². The van der Waals surface area contributed by atoms with E-state index in [-0.39, 0.29) is 0 Å². The van der Waals surface area contributed by atoms with Crippen LogP contribution in [0, 0.1) is 0 Å². The van der Waals surface area contributed by atoms with Gasteiger partial charge in [0.25, 0.3) is 7.59 Å². The van der Waals surface area contributed by atoms with Crippen LogP contribution >= 0.6 is 7.59 Å². The van der Waals surface area contributed by atoms with Gasteiger partial charge < -0.3 is 0 Å². The number of hydrogen-bond donors (Lipinski definition) is 3. The molecule has 1 atom stereocenters. The summed E-state index contributed by atoms with van der Waals surface area (Å²) in [6.07, 6.45) is 0. The molecule has 0 aromatic heterocycles. The Bertz CT molecular complexity index is 113. The molecule has 0 heterocycles. The first-order valence-corrected chi connectivity index (χ1v) is 3.78. The van der Waals surface area contributed by atoms with Gasteiger partial charge in [0.1, 0.15) is 0 Å². The Morgan fingerprint density at radius 2 is 2.00 bits per heavy atom. The third-order valence-electron chi connectivity index (χ3n) is 0.779. The highest BCUT2D eigenvalue weighted by Gasteiger charge is 2.14. The highest BCUT2D eigenvalue weighted by Crippen LogP contribution is 2.30. The summed E-state index contributed by atoms with van der Waals surface area (Å²) < 4.78 is 12.1. The summed E-state index contributed by atoms with van der Waals surface area (Å²) in [6.45, 7) is 0. The molecule has 0 radical (unpaired) electrons. The Morgan fingerprint density at radius 1 is 1.62 bits per heavy atom. The van der Waals surface area contributed by atoms with Gasteiger partial charge in [-0.1, -0.05) is 0 Å². The van der Waals surface area contributed by atoms with E-state index in [1.807, 2.05) is 5.20 Å². The molecule has 0 amide bonds. The van der Waals surface area contributed by atoms with Crippen molar-refractivity contribution in [2.24, 2.45) is 11.3 Å². The van der Waals surface area contributed by atoms with E-state index in [1.54, 1.807) is 14.1 Å². The average molecular weight is 138 g/mol. The fraction of sp³-hybridized carbons (Fsp3) is 1.00. The van der Waals surface area contributed by atoms with Crippen molar-refractivity contribution in [3.05, 3.63) is 0 Å². The highest BCUT2D eigenvalue weighted by atomic mass is 31.2. The molecule has 0 rings (SSSR count). The summed E-state index contributed by atoms with van der Waals surface area (Å²) in [5.74, 6) is 4.83. The Hall–Kier alpha value is 0.0700. The van der Waals surface area contributed by atoms with Gasteiger partial charge in [-0.15, -0.1) is 0 Å². The van der Waals surface area contributed by atoms with Gasteiger partial charge in [0.15, 0.2) is 0 Å². The van der Waals surface area contributed by atoms with E-state index in [0.29, 0.717) is 0 Å². The van der Waals surface area contributed by atoms with Crippen LogP contribution in [0.15, 0.2) is 0 Å². The topological polar surface area (TPSA) is 84.4 Å². The zero-order valence-corrected chi connectivity index (χ0v) is 5.85. The van der Waals surface area contributed by atoms with Gasteiger partial charge in [0, 0.05) is 0 Å². The van der Waals surface area contributed by atoms with Crippen LogP contribution in [0.3, 0.4) is 0 Å². The molecule has 0 aliphatic carbocycles. The Balaban J connectivity index is 3.93. The molecule has 6 heteroatoms. The minimum absolute atomic E-state index is 1.34. The number of hydrogen-bond acceptors (Lipinski definition) is 2. The standard InChI is InChI=1S/C2H11N4OP/c1-6(2)8(4,7)5-3/h3H2,1-2H3,(H3,4,5,7). The van der Waals surface area contributed by atoms with Crippen LogP contribution < -0.4 is 16.5 Å². The fourth-order valence-electron chi connectivity index (χ4n) is 0.115. The van der Waals surface area contributed by atoms with Crippen molar-refractivity contribution >= 4 is 7.59 Å². The van der Waals surface area contributed by atoms with Gasteiger partial charge in [-0.05, 0) is 14.1 Å². The van der Waals surface area contributed by atoms with Crippen LogP contribution in [0.5, 0.6) is 0 Å². The second-order valence-electron chi connectivity index (χ2n) is 1.60. The molecule has 0 aliphatic rings. The molecule has 0 spiro atoms. The summed E-state index contributed by atoms with van der Waals surface area (Å²) >= 11 is 0. The van der Waals surface area contributed by atoms with Gasteiger partial charge in [0.05, 0.1) is 0 Å². The lowest BCUT2D eigenvalue weighted by atomic mass is 11.3. The van der Waals surface area contributed by atoms with Crippen molar-refractivity contribution in [1.82, 2.24) is 9.87 Å². The van der Waals surface area contributed by atoms with Gasteiger partial charge in [-0.2, -0.15) is 5.20 Å². The van der Waals surface area contributed by atoms with E-state index >= 15 is 0 Å². The number of nitrogens with two attached hydrogens (primary N) is 2. The summed E-state index contributed by atoms with van der Waals surface area (Å²) in [7, 11) is 0.284. The molecule has 5 N–H and O–H groups in total. The molecule has 50 valence electrons. The van der Waals surface area contributed by atoms with Crippen molar-refractivity contribution in [2.45, 2.75) is 0 Å². The van der Waals surface area contributed by atoms with Crippen molar-refractivity contribution in [2.75, 3.05) is 14.1 Å². The maximum atomic E-state index is 10.8. The van der Waals surface area contributed by atoms with Gasteiger partial charge in [0.2, 0.25) is 0 Å². The predicted octanol–water partition coefficient (Wildman–Crippen LogP) is -0.922. The van der Waals surface area contributed by atoms with Crippen LogP contribution in [-0.2, 0) is 4.57 Å². The molecule has 1 unspecified atom stereocenters. The zero-order chi connectivity index (χ0) is 6.78. The third-order valence-corrected chi connectivity index (χ3v) is 2.34. The average Bonchev–Trinajstić information content (AvgIpc) is 1.67. The SMILES string of the molecule is CN(C)P(N)(=O)NN. The lowest BCUT2D eigenvalue weighted by molar-refractivity contribution is 0.503. The van der Waals surface area contributed by atoms with E-state index in [4.69, 9.17) is 11.3 Å². The first-order valence-electron chi connectivity index (χ1n) is 2.05. The summed E-state index contributed by atoms with van der Waals surface area (Å²) in [4.78, 5) is 0. The first-order chi connectivity index (χ1) is 3.50. The minimum atomic E-state index is -2.88. The van der Waals surface area contributed by atoms with Crippen LogP contribution in [0.25, 0.3) is 0 Å². The first kappa shape index (κ1) is 8.07. The lowest BCUT2D eigenvalue weighted by Gasteiger charge is -2.17. The van der Waals surface area contributed by atoms with E-state index in [0.717, 1.165) is 0 Å². The fourth-order valence-corrected chi connectivity index (χ4v) is 0.346. The van der Waals surface area contributed by atoms with Gasteiger partial charge in [-0.25, -0.2) is 4.67 Å². The van der Waals surface area contributed by atoms with Crippen LogP contribution in [-0.4, -0.2) is 18.8 Å². The van der Waals surface area contributed by atoms with E-state index in [9.17, 15) is 4.57 Å². The molecule has 0 saturated carbocycles.